The van der Waals surface area contributed by atoms with Crippen LogP contribution in [0.5, 0.6) is 0 Å². The fourth-order valence-corrected chi connectivity index (χ4v) is 4.46. The van der Waals surface area contributed by atoms with Crippen LogP contribution in [0.1, 0.15) is 28.5 Å². The lowest BCUT2D eigenvalue weighted by Gasteiger charge is -2.11. The smallest absolute Gasteiger partial charge is 0.259 e. The number of sulfone groups is 1. The Morgan fingerprint density at radius 2 is 2.12 bits per heavy atom. The first-order chi connectivity index (χ1) is 11.3. The molecule has 1 aliphatic heterocycles. The van der Waals surface area contributed by atoms with Gasteiger partial charge in [-0.15, -0.1) is 0 Å². The minimum Gasteiger partial charge on any atom is -0.319 e. The summed E-state index contributed by atoms with van der Waals surface area (Å²) in [6, 6.07) is 2.54. The van der Waals surface area contributed by atoms with Gasteiger partial charge >= 0.3 is 0 Å². The number of rotatable bonds is 3. The Labute approximate surface area is 137 Å². The van der Waals surface area contributed by atoms with Crippen LogP contribution in [0, 0.1) is 18.6 Å². The van der Waals surface area contributed by atoms with Crippen LogP contribution in [-0.4, -0.2) is 35.6 Å². The average molecular weight is 355 g/mol. The molecule has 6 nitrogen and oxygen atoms in total. The number of nitrogens with one attached hydrogen (secondary N) is 1. The molecule has 1 unspecified atom stereocenters. The van der Waals surface area contributed by atoms with Crippen LogP contribution in [0.2, 0.25) is 0 Å². The maximum atomic E-state index is 13.6. The number of aromatic nitrogens is 2. The number of halogens is 2. The molecule has 0 radical (unpaired) electrons. The van der Waals surface area contributed by atoms with Gasteiger partial charge in [0.05, 0.1) is 35.0 Å². The molecule has 2 heterocycles. The van der Waals surface area contributed by atoms with Crippen molar-refractivity contribution in [1.82, 2.24) is 9.78 Å². The molecule has 0 aliphatic carbocycles. The molecule has 1 fully saturated rings. The molecular weight excluding hydrogens is 340 g/mol. The van der Waals surface area contributed by atoms with Crippen molar-refractivity contribution < 1.29 is 22.0 Å². The Morgan fingerprint density at radius 1 is 1.38 bits per heavy atom. The van der Waals surface area contributed by atoms with Gasteiger partial charge in [0, 0.05) is 11.8 Å². The standard InChI is InChI=1S/C15H15F2N3O3S/c1-9-12(7-18-20(9)11-4-5-24(22,23)8-11)15(21)19-14-3-2-10(16)6-13(14)17/h2-3,6-7,11H,4-5,8H2,1H3,(H,19,21). The molecule has 9 heteroatoms. The van der Waals surface area contributed by atoms with E-state index in [1.54, 1.807) is 6.92 Å². The summed E-state index contributed by atoms with van der Waals surface area (Å²) in [5, 5.41) is 6.46. The zero-order valence-corrected chi connectivity index (χ0v) is 13.6. The third kappa shape index (κ3) is 3.16. The second-order valence-corrected chi connectivity index (χ2v) is 7.95. The Morgan fingerprint density at radius 3 is 2.75 bits per heavy atom. The van der Waals surface area contributed by atoms with Crippen molar-refractivity contribution in [3.63, 3.8) is 0 Å². The molecule has 1 saturated heterocycles. The molecule has 0 bridgehead atoms. The van der Waals surface area contributed by atoms with Gasteiger partial charge in [-0.25, -0.2) is 17.2 Å². The molecular formula is C15H15F2N3O3S. The SMILES string of the molecule is Cc1c(C(=O)Nc2ccc(F)cc2F)cnn1C1CCS(=O)(=O)C1. The topological polar surface area (TPSA) is 81.1 Å². The number of carbonyl (C=O) groups excluding carboxylic acids is 1. The molecule has 24 heavy (non-hydrogen) atoms. The maximum absolute atomic E-state index is 13.6. The molecule has 3 rings (SSSR count). The molecule has 1 aromatic carbocycles. The van der Waals surface area contributed by atoms with Crippen LogP contribution in [0.25, 0.3) is 0 Å². The van der Waals surface area contributed by atoms with Gasteiger partial charge in [-0.05, 0) is 25.5 Å². The summed E-state index contributed by atoms with van der Waals surface area (Å²) in [5.74, 6) is -2.13. The number of amides is 1. The highest BCUT2D eigenvalue weighted by atomic mass is 32.2. The lowest BCUT2D eigenvalue weighted by molar-refractivity contribution is 0.102. The summed E-state index contributed by atoms with van der Waals surface area (Å²) in [7, 11) is -3.08. The predicted octanol–water partition coefficient (Wildman–Crippen LogP) is 2.08. The van der Waals surface area contributed by atoms with E-state index in [0.29, 0.717) is 18.2 Å². The Kier molecular flexibility index (Phi) is 4.12. The lowest BCUT2D eigenvalue weighted by Crippen LogP contribution is -2.17. The van der Waals surface area contributed by atoms with E-state index in [1.165, 1.54) is 10.9 Å². The van der Waals surface area contributed by atoms with Crippen LogP contribution in [0.4, 0.5) is 14.5 Å². The molecule has 128 valence electrons. The highest BCUT2D eigenvalue weighted by Crippen LogP contribution is 2.26. The number of hydrogen-bond acceptors (Lipinski definition) is 4. The van der Waals surface area contributed by atoms with Crippen LogP contribution < -0.4 is 5.32 Å². The molecule has 1 aliphatic rings. The first kappa shape index (κ1) is 16.6. The molecule has 1 amide bonds. The van der Waals surface area contributed by atoms with Gasteiger partial charge in [-0.3, -0.25) is 9.48 Å². The van der Waals surface area contributed by atoms with E-state index in [9.17, 15) is 22.0 Å². The predicted molar refractivity (Wildman–Crippen MR) is 83.6 cm³/mol. The first-order valence-electron chi connectivity index (χ1n) is 7.28. The van der Waals surface area contributed by atoms with Crippen molar-refractivity contribution in [2.24, 2.45) is 0 Å². The Bertz CT molecular complexity index is 909. The summed E-state index contributed by atoms with van der Waals surface area (Å²) in [5.41, 5.74) is 0.567. The van der Waals surface area contributed by atoms with Gasteiger partial charge in [0.25, 0.3) is 5.91 Å². The molecule has 0 spiro atoms. The van der Waals surface area contributed by atoms with Crippen LogP contribution in [0.3, 0.4) is 0 Å². The van der Waals surface area contributed by atoms with Gasteiger partial charge in [-0.2, -0.15) is 5.10 Å². The second kappa shape index (κ2) is 5.97. The van der Waals surface area contributed by atoms with Gasteiger partial charge in [0.1, 0.15) is 11.6 Å². The third-order valence-corrected chi connectivity index (χ3v) is 5.77. The normalized spacial score (nSPS) is 19.4. The quantitative estimate of drug-likeness (QED) is 0.914. The summed E-state index contributed by atoms with van der Waals surface area (Å²) in [6.45, 7) is 1.65. The average Bonchev–Trinajstić information content (AvgIpc) is 3.04. The number of benzene rings is 1. The fourth-order valence-electron chi connectivity index (χ4n) is 2.76. The number of carbonyl (C=O) groups is 1. The second-order valence-electron chi connectivity index (χ2n) is 5.72. The van der Waals surface area contributed by atoms with Gasteiger partial charge in [0.2, 0.25) is 0 Å². The van der Waals surface area contributed by atoms with Crippen molar-refractivity contribution in [3.05, 3.63) is 47.3 Å². The van der Waals surface area contributed by atoms with E-state index in [4.69, 9.17) is 0 Å². The van der Waals surface area contributed by atoms with E-state index < -0.39 is 27.4 Å². The molecule has 1 atom stereocenters. The largest absolute Gasteiger partial charge is 0.319 e. The monoisotopic (exact) mass is 355 g/mol. The summed E-state index contributed by atoms with van der Waals surface area (Å²) in [6.07, 6.45) is 1.76. The van der Waals surface area contributed by atoms with Crippen LogP contribution in [0.15, 0.2) is 24.4 Å². The Balaban J connectivity index is 1.81. The van der Waals surface area contributed by atoms with Crippen molar-refractivity contribution in [2.45, 2.75) is 19.4 Å². The Hall–Kier alpha value is -2.29. The number of anilines is 1. The summed E-state index contributed by atoms with van der Waals surface area (Å²) < 4.78 is 51.2. The van der Waals surface area contributed by atoms with Gasteiger partial charge < -0.3 is 5.32 Å². The van der Waals surface area contributed by atoms with E-state index in [0.717, 1.165) is 12.1 Å². The zero-order chi connectivity index (χ0) is 17.5. The van der Waals surface area contributed by atoms with Crippen molar-refractivity contribution in [2.75, 3.05) is 16.8 Å². The van der Waals surface area contributed by atoms with E-state index in [1.807, 2.05) is 0 Å². The summed E-state index contributed by atoms with van der Waals surface area (Å²) in [4.78, 5) is 12.3. The van der Waals surface area contributed by atoms with Crippen molar-refractivity contribution in [1.29, 1.82) is 0 Å². The van der Waals surface area contributed by atoms with Crippen molar-refractivity contribution >= 4 is 21.4 Å². The third-order valence-electron chi connectivity index (χ3n) is 4.02. The van der Waals surface area contributed by atoms with Crippen molar-refractivity contribution in [3.8, 4) is 0 Å². The zero-order valence-electron chi connectivity index (χ0n) is 12.8. The lowest BCUT2D eigenvalue weighted by atomic mass is 10.2. The minimum absolute atomic E-state index is 0.0107. The van der Waals surface area contributed by atoms with Gasteiger partial charge in [-0.1, -0.05) is 0 Å². The summed E-state index contributed by atoms with van der Waals surface area (Å²) >= 11 is 0. The molecule has 1 aromatic heterocycles. The number of nitrogens with zero attached hydrogens (tertiary/aromatic N) is 2. The highest BCUT2D eigenvalue weighted by molar-refractivity contribution is 7.91. The molecule has 0 saturated carbocycles. The number of hydrogen-bond donors (Lipinski definition) is 1. The molecule has 1 N–H and O–H groups in total. The maximum Gasteiger partial charge on any atom is 0.259 e. The van der Waals surface area contributed by atoms with E-state index in [2.05, 4.69) is 10.4 Å². The van der Waals surface area contributed by atoms with Crippen LogP contribution in [-0.2, 0) is 9.84 Å². The van der Waals surface area contributed by atoms with E-state index in [-0.39, 0.29) is 28.8 Å². The minimum atomic E-state index is -3.08. The van der Waals surface area contributed by atoms with E-state index >= 15 is 0 Å². The highest BCUT2D eigenvalue weighted by Gasteiger charge is 2.31. The first-order valence-corrected chi connectivity index (χ1v) is 9.10. The fraction of sp³-hybridized carbons (Fsp3) is 0.333. The molecule has 2 aromatic rings. The van der Waals surface area contributed by atoms with Gasteiger partial charge in [0.15, 0.2) is 9.84 Å². The van der Waals surface area contributed by atoms with Crippen LogP contribution >= 0.6 is 0 Å².